The molecule has 1 fully saturated rings. The van der Waals surface area contributed by atoms with Crippen molar-refractivity contribution in [1.29, 1.82) is 0 Å². The minimum Gasteiger partial charge on any atom is -0.465 e. The van der Waals surface area contributed by atoms with Gasteiger partial charge in [-0.25, -0.2) is 10.2 Å². The van der Waals surface area contributed by atoms with Crippen LogP contribution in [0.5, 0.6) is 0 Å². The Morgan fingerprint density at radius 2 is 1.73 bits per heavy atom. The van der Waals surface area contributed by atoms with Crippen LogP contribution in [0.1, 0.15) is 21.5 Å². The number of amides is 1. The van der Waals surface area contributed by atoms with E-state index in [-0.39, 0.29) is 5.91 Å². The van der Waals surface area contributed by atoms with Gasteiger partial charge in [0.2, 0.25) is 0 Å². The largest absolute Gasteiger partial charge is 0.465 e. The number of carbonyl (C=O) groups excluding carboxylic acids is 2. The number of piperazine rings is 1. The van der Waals surface area contributed by atoms with Gasteiger partial charge in [-0.2, -0.15) is 5.10 Å². The lowest BCUT2D eigenvalue weighted by Gasteiger charge is -2.34. The van der Waals surface area contributed by atoms with E-state index >= 15 is 0 Å². The Morgan fingerprint density at radius 3 is 2.40 bits per heavy atom. The molecule has 1 aliphatic heterocycles. The first-order valence-electron chi connectivity index (χ1n) is 9.73. The number of nitrogens with one attached hydrogen (secondary N) is 1. The van der Waals surface area contributed by atoms with Crippen LogP contribution in [0.15, 0.2) is 53.6 Å². The molecule has 0 bridgehead atoms. The molecular formula is C22H25ClN4O3. The van der Waals surface area contributed by atoms with E-state index in [0.717, 1.165) is 48.9 Å². The SMILES string of the molecule is COC(=O)c1ccc(C=NNC(=O)CN2CCN(Cc3ccccc3Cl)CC2)cc1. The van der Waals surface area contributed by atoms with Crippen LogP contribution in [0, 0.1) is 0 Å². The molecule has 0 radical (unpaired) electrons. The van der Waals surface area contributed by atoms with Gasteiger partial charge in [0.15, 0.2) is 0 Å². The van der Waals surface area contributed by atoms with Gasteiger partial charge in [-0.05, 0) is 29.3 Å². The van der Waals surface area contributed by atoms with Crippen LogP contribution >= 0.6 is 11.6 Å². The maximum atomic E-state index is 12.1. The summed E-state index contributed by atoms with van der Waals surface area (Å²) in [5.74, 6) is -0.546. The van der Waals surface area contributed by atoms with Gasteiger partial charge in [-0.3, -0.25) is 14.6 Å². The quantitative estimate of drug-likeness (QED) is 0.416. The zero-order chi connectivity index (χ0) is 21.3. The molecule has 2 aromatic rings. The maximum absolute atomic E-state index is 12.1. The van der Waals surface area contributed by atoms with Gasteiger partial charge in [-0.1, -0.05) is 41.9 Å². The lowest BCUT2D eigenvalue weighted by Crippen LogP contribution is -2.48. The molecule has 0 aromatic heterocycles. The fourth-order valence-electron chi connectivity index (χ4n) is 3.21. The fourth-order valence-corrected chi connectivity index (χ4v) is 3.41. The van der Waals surface area contributed by atoms with E-state index in [4.69, 9.17) is 11.6 Å². The number of carbonyl (C=O) groups is 2. The zero-order valence-electron chi connectivity index (χ0n) is 16.9. The van der Waals surface area contributed by atoms with Crippen molar-refractivity contribution < 1.29 is 14.3 Å². The number of methoxy groups -OCH3 is 1. The number of halogens is 1. The summed E-state index contributed by atoms with van der Waals surface area (Å²) in [6, 6.07) is 14.7. The molecule has 0 spiro atoms. The molecule has 0 unspecified atom stereocenters. The molecule has 7 nitrogen and oxygen atoms in total. The number of esters is 1. The van der Waals surface area contributed by atoms with Crippen molar-refractivity contribution in [2.24, 2.45) is 5.10 Å². The number of rotatable bonds is 7. The molecule has 1 saturated heterocycles. The topological polar surface area (TPSA) is 74.2 Å². The van der Waals surface area contributed by atoms with Gasteiger partial charge in [0, 0.05) is 37.7 Å². The smallest absolute Gasteiger partial charge is 0.337 e. The summed E-state index contributed by atoms with van der Waals surface area (Å²) in [7, 11) is 1.34. The first-order valence-corrected chi connectivity index (χ1v) is 10.1. The van der Waals surface area contributed by atoms with Crippen LogP contribution in [0.4, 0.5) is 0 Å². The fraction of sp³-hybridized carbons (Fsp3) is 0.318. The van der Waals surface area contributed by atoms with Crippen LogP contribution in [0.2, 0.25) is 5.02 Å². The lowest BCUT2D eigenvalue weighted by molar-refractivity contribution is -0.122. The van der Waals surface area contributed by atoms with Crippen LogP contribution in [-0.4, -0.2) is 67.7 Å². The molecule has 2 aromatic carbocycles. The third-order valence-corrected chi connectivity index (χ3v) is 5.29. The van der Waals surface area contributed by atoms with E-state index in [1.54, 1.807) is 30.5 Å². The highest BCUT2D eigenvalue weighted by Crippen LogP contribution is 2.17. The summed E-state index contributed by atoms with van der Waals surface area (Å²) in [6.45, 7) is 4.52. The monoisotopic (exact) mass is 428 g/mol. The average molecular weight is 429 g/mol. The molecule has 30 heavy (non-hydrogen) atoms. The average Bonchev–Trinajstić information content (AvgIpc) is 2.76. The molecule has 3 rings (SSSR count). The Hall–Kier alpha value is -2.74. The van der Waals surface area contributed by atoms with E-state index in [1.807, 2.05) is 24.3 Å². The van der Waals surface area contributed by atoms with Crippen LogP contribution in [0.3, 0.4) is 0 Å². The van der Waals surface area contributed by atoms with E-state index in [9.17, 15) is 9.59 Å². The highest BCUT2D eigenvalue weighted by Gasteiger charge is 2.19. The molecule has 0 aliphatic carbocycles. The highest BCUT2D eigenvalue weighted by molar-refractivity contribution is 6.31. The Bertz CT molecular complexity index is 894. The molecule has 158 valence electrons. The molecule has 8 heteroatoms. The van der Waals surface area contributed by atoms with E-state index < -0.39 is 5.97 Å². The second-order valence-electron chi connectivity index (χ2n) is 7.05. The number of hydrogen-bond acceptors (Lipinski definition) is 6. The highest BCUT2D eigenvalue weighted by atomic mass is 35.5. The summed E-state index contributed by atoms with van der Waals surface area (Å²) < 4.78 is 4.66. The number of benzene rings is 2. The van der Waals surface area contributed by atoms with E-state index in [0.29, 0.717) is 12.1 Å². The van der Waals surface area contributed by atoms with Crippen molar-refractivity contribution in [2.75, 3.05) is 39.8 Å². The second-order valence-corrected chi connectivity index (χ2v) is 7.46. The Balaban J connectivity index is 1.39. The Labute approximate surface area is 181 Å². The predicted molar refractivity (Wildman–Crippen MR) is 117 cm³/mol. The lowest BCUT2D eigenvalue weighted by atomic mass is 10.1. The van der Waals surface area contributed by atoms with E-state index in [1.165, 1.54) is 7.11 Å². The third-order valence-electron chi connectivity index (χ3n) is 4.92. The van der Waals surface area contributed by atoms with Gasteiger partial charge < -0.3 is 4.74 Å². The van der Waals surface area contributed by atoms with Crippen molar-refractivity contribution in [3.05, 3.63) is 70.2 Å². The van der Waals surface area contributed by atoms with Gasteiger partial charge in [-0.15, -0.1) is 0 Å². The number of hydrazone groups is 1. The summed E-state index contributed by atoms with van der Waals surface area (Å²) in [5, 5.41) is 4.78. The van der Waals surface area contributed by atoms with Gasteiger partial charge in [0.05, 0.1) is 25.4 Å². The molecule has 1 N–H and O–H groups in total. The summed E-state index contributed by atoms with van der Waals surface area (Å²) in [5.41, 5.74) is 4.92. The molecule has 1 aliphatic rings. The number of hydrogen-bond donors (Lipinski definition) is 1. The summed E-state index contributed by atoms with van der Waals surface area (Å²) in [6.07, 6.45) is 1.54. The Kier molecular flexibility index (Phi) is 7.96. The summed E-state index contributed by atoms with van der Waals surface area (Å²) in [4.78, 5) is 28.0. The second kappa shape index (κ2) is 10.9. The normalized spacial score (nSPS) is 15.3. The number of nitrogens with zero attached hydrogens (tertiary/aromatic N) is 3. The first kappa shape index (κ1) is 22.0. The minimum absolute atomic E-state index is 0.156. The van der Waals surface area contributed by atoms with E-state index in [2.05, 4.69) is 25.1 Å². The first-order chi connectivity index (χ1) is 14.5. The molecule has 0 saturated carbocycles. The molecule has 0 atom stereocenters. The van der Waals surface area contributed by atoms with Crippen LogP contribution in [0.25, 0.3) is 0 Å². The van der Waals surface area contributed by atoms with Gasteiger partial charge in [0.25, 0.3) is 5.91 Å². The van der Waals surface area contributed by atoms with Crippen molar-refractivity contribution in [2.45, 2.75) is 6.54 Å². The standard InChI is InChI=1S/C22H25ClN4O3/c1-30-22(29)18-8-6-17(7-9-18)14-24-25-21(28)16-27-12-10-26(11-13-27)15-19-4-2-3-5-20(19)23/h2-9,14H,10-13,15-16H2,1H3,(H,25,28). The predicted octanol–water partition coefficient (Wildman–Crippen LogP) is 2.39. The van der Waals surface area contributed by atoms with Crippen molar-refractivity contribution in [1.82, 2.24) is 15.2 Å². The Morgan fingerprint density at radius 1 is 1.07 bits per heavy atom. The summed E-state index contributed by atoms with van der Waals surface area (Å²) >= 11 is 6.24. The minimum atomic E-state index is -0.390. The van der Waals surface area contributed by atoms with Gasteiger partial charge in [0.1, 0.15) is 0 Å². The zero-order valence-corrected chi connectivity index (χ0v) is 17.6. The molecular weight excluding hydrogens is 404 g/mol. The van der Waals surface area contributed by atoms with Crippen molar-refractivity contribution in [3.8, 4) is 0 Å². The third kappa shape index (κ3) is 6.38. The molecule has 1 amide bonds. The van der Waals surface area contributed by atoms with Crippen molar-refractivity contribution >= 4 is 29.7 Å². The molecule has 1 heterocycles. The van der Waals surface area contributed by atoms with Crippen molar-refractivity contribution in [3.63, 3.8) is 0 Å². The van der Waals surface area contributed by atoms with Crippen LogP contribution < -0.4 is 5.43 Å². The van der Waals surface area contributed by atoms with Gasteiger partial charge >= 0.3 is 5.97 Å². The van der Waals surface area contributed by atoms with Crippen LogP contribution in [-0.2, 0) is 16.1 Å². The number of ether oxygens (including phenoxy) is 1. The maximum Gasteiger partial charge on any atom is 0.337 e.